The maximum Gasteiger partial charge on any atom is 0.170 e. The van der Waals surface area contributed by atoms with Gasteiger partial charge in [-0.25, -0.2) is 8.78 Å². The molecule has 0 atom stereocenters. The standard InChI is InChI=1S/C14H9BrF2O/c15-10-3-6-13(17)12(8-10)14(18)7-9-1-4-11(16)5-2-9/h1-6,8H,7H2. The molecule has 0 heterocycles. The first-order valence-corrected chi connectivity index (χ1v) is 6.08. The lowest BCUT2D eigenvalue weighted by Crippen LogP contribution is -2.06. The molecule has 0 unspecified atom stereocenters. The highest BCUT2D eigenvalue weighted by Gasteiger charge is 2.12. The highest BCUT2D eigenvalue weighted by molar-refractivity contribution is 9.10. The lowest BCUT2D eigenvalue weighted by Gasteiger charge is -2.04. The van der Waals surface area contributed by atoms with Gasteiger partial charge in [0, 0.05) is 10.9 Å². The van der Waals surface area contributed by atoms with Crippen LogP contribution in [0.5, 0.6) is 0 Å². The number of carbonyl (C=O) groups is 1. The highest BCUT2D eigenvalue weighted by Crippen LogP contribution is 2.17. The molecule has 0 aliphatic rings. The first-order valence-electron chi connectivity index (χ1n) is 5.29. The van der Waals surface area contributed by atoms with E-state index >= 15 is 0 Å². The van der Waals surface area contributed by atoms with Crippen molar-refractivity contribution >= 4 is 21.7 Å². The zero-order valence-corrected chi connectivity index (χ0v) is 10.9. The van der Waals surface area contributed by atoms with Crippen molar-refractivity contribution < 1.29 is 13.6 Å². The third-order valence-corrected chi connectivity index (χ3v) is 3.00. The van der Waals surface area contributed by atoms with Gasteiger partial charge in [-0.1, -0.05) is 28.1 Å². The van der Waals surface area contributed by atoms with Crippen molar-refractivity contribution in [2.45, 2.75) is 6.42 Å². The van der Waals surface area contributed by atoms with Crippen LogP contribution >= 0.6 is 15.9 Å². The second-order valence-corrected chi connectivity index (χ2v) is 4.77. The van der Waals surface area contributed by atoms with Crippen LogP contribution in [0.1, 0.15) is 15.9 Å². The van der Waals surface area contributed by atoms with E-state index in [-0.39, 0.29) is 23.6 Å². The number of benzene rings is 2. The molecule has 0 bridgehead atoms. The van der Waals surface area contributed by atoms with Gasteiger partial charge in [0.1, 0.15) is 11.6 Å². The molecule has 0 aliphatic carbocycles. The summed E-state index contributed by atoms with van der Waals surface area (Å²) in [4.78, 5) is 11.9. The summed E-state index contributed by atoms with van der Waals surface area (Å²) >= 11 is 3.19. The second kappa shape index (κ2) is 5.40. The smallest absolute Gasteiger partial charge is 0.170 e. The third-order valence-electron chi connectivity index (χ3n) is 2.51. The average Bonchev–Trinajstić information content (AvgIpc) is 2.35. The van der Waals surface area contributed by atoms with Crippen LogP contribution in [0.2, 0.25) is 0 Å². The fraction of sp³-hybridized carbons (Fsp3) is 0.0714. The Balaban J connectivity index is 2.21. The molecule has 0 radical (unpaired) electrons. The predicted molar refractivity (Wildman–Crippen MR) is 68.5 cm³/mol. The first kappa shape index (κ1) is 12.9. The summed E-state index contributed by atoms with van der Waals surface area (Å²) in [5, 5.41) is 0. The molecule has 0 saturated carbocycles. The van der Waals surface area contributed by atoms with Crippen molar-refractivity contribution in [1.82, 2.24) is 0 Å². The van der Waals surface area contributed by atoms with Crippen LogP contribution in [0.25, 0.3) is 0 Å². The zero-order valence-electron chi connectivity index (χ0n) is 9.29. The normalized spacial score (nSPS) is 10.4. The predicted octanol–water partition coefficient (Wildman–Crippen LogP) is 4.15. The van der Waals surface area contributed by atoms with Crippen molar-refractivity contribution in [2.75, 3.05) is 0 Å². The van der Waals surface area contributed by atoms with Crippen LogP contribution in [-0.2, 0) is 6.42 Å². The molecule has 92 valence electrons. The van der Waals surface area contributed by atoms with E-state index in [1.165, 1.54) is 42.5 Å². The summed E-state index contributed by atoms with van der Waals surface area (Å²) in [5.74, 6) is -1.24. The van der Waals surface area contributed by atoms with Gasteiger partial charge in [0.15, 0.2) is 5.78 Å². The van der Waals surface area contributed by atoms with Gasteiger partial charge in [0.2, 0.25) is 0 Å². The molecule has 18 heavy (non-hydrogen) atoms. The van der Waals surface area contributed by atoms with Crippen molar-refractivity contribution in [3.63, 3.8) is 0 Å². The molecule has 0 saturated heterocycles. The first-order chi connectivity index (χ1) is 8.56. The minimum atomic E-state index is -0.551. The lowest BCUT2D eigenvalue weighted by molar-refractivity contribution is 0.0989. The van der Waals surface area contributed by atoms with E-state index in [0.29, 0.717) is 10.0 Å². The Labute approximate surface area is 112 Å². The van der Waals surface area contributed by atoms with Gasteiger partial charge < -0.3 is 0 Å². The number of carbonyl (C=O) groups excluding carboxylic acids is 1. The third kappa shape index (κ3) is 3.01. The van der Waals surface area contributed by atoms with E-state index in [9.17, 15) is 13.6 Å². The van der Waals surface area contributed by atoms with Crippen molar-refractivity contribution in [2.24, 2.45) is 0 Å². The van der Waals surface area contributed by atoms with E-state index in [1.807, 2.05) is 0 Å². The summed E-state index contributed by atoms with van der Waals surface area (Å²) in [5.41, 5.74) is 0.689. The van der Waals surface area contributed by atoms with Crippen LogP contribution in [0, 0.1) is 11.6 Å². The van der Waals surface area contributed by atoms with Crippen molar-refractivity contribution in [3.05, 3.63) is 69.7 Å². The van der Waals surface area contributed by atoms with Crippen molar-refractivity contribution in [3.8, 4) is 0 Å². The van der Waals surface area contributed by atoms with Gasteiger partial charge >= 0.3 is 0 Å². The van der Waals surface area contributed by atoms with E-state index in [4.69, 9.17) is 0 Å². The summed E-state index contributed by atoms with van der Waals surface area (Å²) < 4.78 is 26.8. The summed E-state index contributed by atoms with van der Waals surface area (Å²) in [6.07, 6.45) is 0.0493. The van der Waals surface area contributed by atoms with E-state index < -0.39 is 5.82 Å². The van der Waals surface area contributed by atoms with Gasteiger partial charge in [-0.15, -0.1) is 0 Å². The highest BCUT2D eigenvalue weighted by atomic mass is 79.9. The average molecular weight is 311 g/mol. The Hall–Kier alpha value is -1.55. The zero-order chi connectivity index (χ0) is 13.1. The minimum Gasteiger partial charge on any atom is -0.294 e. The molecule has 0 N–H and O–H groups in total. The van der Waals surface area contributed by atoms with Gasteiger partial charge in [-0.3, -0.25) is 4.79 Å². The Bertz CT molecular complexity index is 579. The van der Waals surface area contributed by atoms with Crippen LogP contribution < -0.4 is 0 Å². The van der Waals surface area contributed by atoms with E-state index in [1.54, 1.807) is 0 Å². The van der Waals surface area contributed by atoms with Gasteiger partial charge in [-0.2, -0.15) is 0 Å². The Kier molecular flexibility index (Phi) is 3.87. The summed E-state index contributed by atoms with van der Waals surface area (Å²) in [7, 11) is 0. The molecule has 0 spiro atoms. The number of Topliss-reactive ketones (excluding diaryl/α,β-unsaturated/α-hetero) is 1. The Morgan fingerprint density at radius 2 is 1.72 bits per heavy atom. The molecule has 0 aromatic heterocycles. The maximum atomic E-state index is 13.5. The van der Waals surface area contributed by atoms with Crippen molar-refractivity contribution in [1.29, 1.82) is 0 Å². The summed E-state index contributed by atoms with van der Waals surface area (Å²) in [6, 6.07) is 9.80. The second-order valence-electron chi connectivity index (χ2n) is 3.85. The fourth-order valence-corrected chi connectivity index (χ4v) is 1.96. The monoisotopic (exact) mass is 310 g/mol. The maximum absolute atomic E-state index is 13.5. The molecule has 0 amide bonds. The van der Waals surface area contributed by atoms with Gasteiger partial charge in [-0.05, 0) is 35.9 Å². The molecule has 1 nitrogen and oxygen atoms in total. The van der Waals surface area contributed by atoms with E-state index in [0.717, 1.165) is 0 Å². The number of ketones is 1. The summed E-state index contributed by atoms with van der Waals surface area (Å²) in [6.45, 7) is 0. The molecule has 2 aromatic rings. The quantitative estimate of drug-likeness (QED) is 0.778. The number of hydrogen-bond acceptors (Lipinski definition) is 1. The minimum absolute atomic E-state index is 0.0358. The number of halogens is 3. The Morgan fingerprint density at radius 1 is 1.06 bits per heavy atom. The molecular weight excluding hydrogens is 302 g/mol. The molecule has 2 rings (SSSR count). The molecule has 0 aliphatic heterocycles. The van der Waals surface area contributed by atoms with Crippen LogP contribution in [-0.4, -0.2) is 5.78 Å². The van der Waals surface area contributed by atoms with Gasteiger partial charge in [0.05, 0.1) is 5.56 Å². The molecular formula is C14H9BrF2O. The molecule has 4 heteroatoms. The SMILES string of the molecule is O=C(Cc1ccc(F)cc1)c1cc(Br)ccc1F. The van der Waals surface area contributed by atoms with Crippen LogP contribution in [0.3, 0.4) is 0 Å². The van der Waals surface area contributed by atoms with Crippen LogP contribution in [0.4, 0.5) is 8.78 Å². The lowest BCUT2D eigenvalue weighted by atomic mass is 10.0. The molecule has 0 fully saturated rings. The number of hydrogen-bond donors (Lipinski definition) is 0. The fourth-order valence-electron chi connectivity index (χ4n) is 1.59. The molecule has 2 aromatic carbocycles. The number of rotatable bonds is 3. The Morgan fingerprint density at radius 3 is 2.39 bits per heavy atom. The largest absolute Gasteiger partial charge is 0.294 e. The van der Waals surface area contributed by atoms with E-state index in [2.05, 4.69) is 15.9 Å². The topological polar surface area (TPSA) is 17.1 Å². The van der Waals surface area contributed by atoms with Crippen LogP contribution in [0.15, 0.2) is 46.9 Å². The van der Waals surface area contributed by atoms with Gasteiger partial charge in [0.25, 0.3) is 0 Å².